The number of nitrogens with zero attached hydrogens (tertiary/aromatic N) is 6. The maximum absolute atomic E-state index is 6.78. The topological polar surface area (TPSA) is 43.4 Å². The summed E-state index contributed by atoms with van der Waals surface area (Å²) in [5, 5.41) is 7.42. The number of rotatable bonds is 5. The normalized spacial score (nSPS) is 13.2. The number of para-hydroxylation sites is 4. The molecule has 1 aliphatic heterocycles. The first-order valence-corrected chi connectivity index (χ1v) is 21.0. The zero-order valence-corrected chi connectivity index (χ0v) is 34.9. The first kappa shape index (κ1) is 35.4. The smallest absolute Gasteiger partial charge is 0.137 e. The van der Waals surface area contributed by atoms with E-state index in [1.807, 2.05) is 24.4 Å². The monoisotopic (exact) mass is 792 g/mol. The van der Waals surface area contributed by atoms with Crippen LogP contribution in [-0.2, 0) is 19.5 Å². The van der Waals surface area contributed by atoms with Crippen LogP contribution in [-0.4, -0.2) is 25.4 Å². The van der Waals surface area contributed by atoms with Gasteiger partial charge in [0.25, 0.3) is 0 Å². The molecule has 0 fully saturated rings. The Morgan fingerprint density at radius 2 is 1.13 bits per heavy atom. The molecule has 0 unspecified atom stereocenters. The lowest BCUT2D eigenvalue weighted by atomic mass is 9.86. The molecular weight excluding hydrogens is 749 g/mol. The molecule has 7 aromatic carbocycles. The average molecular weight is 793 g/mol. The number of fused-ring (bicyclic) bond motifs is 10. The second kappa shape index (κ2) is 13.0. The van der Waals surface area contributed by atoms with E-state index in [4.69, 9.17) is 9.72 Å². The Balaban J connectivity index is 0.974. The zero-order valence-electron chi connectivity index (χ0n) is 34.9. The van der Waals surface area contributed by atoms with Crippen molar-refractivity contribution in [1.29, 1.82) is 0 Å². The van der Waals surface area contributed by atoms with E-state index in [1.54, 1.807) is 0 Å². The van der Waals surface area contributed by atoms with Crippen LogP contribution in [0, 0.1) is 0 Å². The Labute approximate surface area is 353 Å². The number of aryl methyl sites for hydroxylation is 2. The molecule has 0 N–H and O–H groups in total. The predicted molar refractivity (Wildman–Crippen MR) is 254 cm³/mol. The predicted octanol–water partition coefficient (Wildman–Crippen LogP) is 13.8. The lowest BCUT2D eigenvalue weighted by Crippen LogP contribution is -2.25. The summed E-state index contributed by atoms with van der Waals surface area (Å²) in [4.78, 5) is 9.71. The van der Waals surface area contributed by atoms with Crippen molar-refractivity contribution in [2.45, 2.75) is 26.2 Å². The van der Waals surface area contributed by atoms with Crippen molar-refractivity contribution < 1.29 is 4.74 Å². The van der Waals surface area contributed by atoms with Gasteiger partial charge in [-0.15, -0.1) is 0 Å². The Morgan fingerprint density at radius 3 is 1.82 bits per heavy atom. The van der Waals surface area contributed by atoms with Crippen molar-refractivity contribution in [3.8, 4) is 17.3 Å². The van der Waals surface area contributed by atoms with Gasteiger partial charge in [-0.2, -0.15) is 0 Å². The summed E-state index contributed by atoms with van der Waals surface area (Å²) in [6.07, 6.45) is 1.85. The summed E-state index contributed by atoms with van der Waals surface area (Å²) in [5.74, 6) is 2.42. The van der Waals surface area contributed by atoms with E-state index in [0.29, 0.717) is 6.67 Å². The summed E-state index contributed by atoms with van der Waals surface area (Å²) in [7, 11) is 4.42. The third-order valence-corrected chi connectivity index (χ3v) is 12.9. The van der Waals surface area contributed by atoms with Crippen LogP contribution in [0.1, 0.15) is 26.3 Å². The van der Waals surface area contributed by atoms with Crippen LogP contribution < -0.4 is 14.5 Å². The minimum atomic E-state index is 0.0279. The molecule has 0 aliphatic carbocycles. The van der Waals surface area contributed by atoms with Crippen molar-refractivity contribution in [3.05, 3.63) is 169 Å². The number of hydrogen-bond acceptors (Lipinski definition) is 4. The fourth-order valence-corrected chi connectivity index (χ4v) is 9.96. The fraction of sp³-hybridized carbons (Fsp3) is 0.130. The van der Waals surface area contributed by atoms with Gasteiger partial charge in [-0.05, 0) is 89.8 Å². The van der Waals surface area contributed by atoms with Gasteiger partial charge < -0.3 is 23.7 Å². The highest BCUT2D eigenvalue weighted by Gasteiger charge is 2.33. The highest BCUT2D eigenvalue weighted by atomic mass is 16.5. The van der Waals surface area contributed by atoms with Gasteiger partial charge in [-0.1, -0.05) is 87.5 Å². The number of hydrogen-bond donors (Lipinski definition) is 0. The maximum atomic E-state index is 6.78. The summed E-state index contributed by atoms with van der Waals surface area (Å²) in [6, 6.07) is 56.6. The molecule has 5 heterocycles. The first-order valence-electron chi connectivity index (χ1n) is 21.0. The number of ether oxygens (including phenoxy) is 1. The van der Waals surface area contributed by atoms with E-state index in [-0.39, 0.29) is 5.41 Å². The minimum absolute atomic E-state index is 0.0279. The molecule has 296 valence electrons. The largest absolute Gasteiger partial charge is 0.457 e. The first-order chi connectivity index (χ1) is 29.7. The third kappa shape index (κ3) is 5.26. The van der Waals surface area contributed by atoms with Crippen LogP contribution in [0.2, 0.25) is 0 Å². The molecule has 0 saturated carbocycles. The van der Waals surface area contributed by atoms with Crippen molar-refractivity contribution >= 4 is 88.2 Å². The van der Waals surface area contributed by atoms with E-state index in [0.717, 1.165) is 39.7 Å². The highest BCUT2D eigenvalue weighted by molar-refractivity contribution is 6.25. The second-order valence-corrected chi connectivity index (χ2v) is 17.4. The van der Waals surface area contributed by atoms with Crippen molar-refractivity contribution in [2.24, 2.45) is 14.1 Å². The number of aromatic nitrogens is 4. The van der Waals surface area contributed by atoms with Gasteiger partial charge in [0, 0.05) is 81.5 Å². The van der Waals surface area contributed by atoms with Crippen molar-refractivity contribution in [3.63, 3.8) is 0 Å². The second-order valence-electron chi connectivity index (χ2n) is 17.4. The number of benzene rings is 7. The summed E-state index contributed by atoms with van der Waals surface area (Å²) in [6.45, 7) is 7.42. The van der Waals surface area contributed by atoms with Gasteiger partial charge in [0.05, 0.1) is 39.1 Å². The summed E-state index contributed by atoms with van der Waals surface area (Å²) < 4.78 is 13.8. The van der Waals surface area contributed by atoms with Gasteiger partial charge in [0.15, 0.2) is 0 Å². The molecule has 0 radical (unpaired) electrons. The van der Waals surface area contributed by atoms with Crippen LogP contribution in [0.3, 0.4) is 0 Å². The van der Waals surface area contributed by atoms with E-state index in [9.17, 15) is 0 Å². The number of pyridine rings is 1. The standard InChI is InChI=1S/C54H44N6O/c1-54(2,3)34-24-27-46-41(29-34)40-26-25-37(31-49(40)60(46)50-23-12-13-28-55-50)61-36-16-14-15-35(30-36)58-33-59(48-22-11-10-21-47(48)58)53-51-42(38-17-6-8-19-44(38)56(51)4)32-43-39-18-7-9-20-45(39)57(5)52(43)53/h6-32H,33H2,1-5H3. The zero-order chi connectivity index (χ0) is 41.1. The Morgan fingerprint density at radius 1 is 0.492 bits per heavy atom. The van der Waals surface area contributed by atoms with Crippen LogP contribution >= 0.6 is 0 Å². The molecule has 0 spiro atoms. The molecule has 0 amide bonds. The fourth-order valence-electron chi connectivity index (χ4n) is 9.96. The molecule has 0 bridgehead atoms. The highest BCUT2D eigenvalue weighted by Crippen LogP contribution is 2.51. The van der Waals surface area contributed by atoms with E-state index >= 15 is 0 Å². The molecule has 7 nitrogen and oxygen atoms in total. The molecule has 4 aromatic heterocycles. The van der Waals surface area contributed by atoms with Crippen LogP contribution in [0.25, 0.3) is 71.2 Å². The molecule has 61 heavy (non-hydrogen) atoms. The van der Waals surface area contributed by atoms with Crippen LogP contribution in [0.4, 0.5) is 22.7 Å². The van der Waals surface area contributed by atoms with Crippen LogP contribution in [0.15, 0.2) is 164 Å². The average Bonchev–Trinajstić information content (AvgIpc) is 4.00. The molecule has 1 aliphatic rings. The lowest BCUT2D eigenvalue weighted by Gasteiger charge is -2.25. The van der Waals surface area contributed by atoms with Crippen molar-refractivity contribution in [1.82, 2.24) is 18.7 Å². The molecule has 12 rings (SSSR count). The quantitative estimate of drug-likeness (QED) is 0.174. The maximum Gasteiger partial charge on any atom is 0.137 e. The third-order valence-electron chi connectivity index (χ3n) is 12.9. The van der Waals surface area contributed by atoms with Gasteiger partial charge >= 0.3 is 0 Å². The number of anilines is 4. The van der Waals surface area contributed by atoms with Gasteiger partial charge in [0.1, 0.15) is 24.0 Å². The van der Waals surface area contributed by atoms with E-state index in [2.05, 4.69) is 198 Å². The molecule has 11 aromatic rings. The lowest BCUT2D eigenvalue weighted by molar-refractivity contribution is 0.483. The molecule has 0 atom stereocenters. The Bertz CT molecular complexity index is 3470. The van der Waals surface area contributed by atoms with E-state index in [1.165, 1.54) is 71.3 Å². The van der Waals surface area contributed by atoms with Crippen molar-refractivity contribution in [2.75, 3.05) is 16.5 Å². The van der Waals surface area contributed by atoms with Crippen LogP contribution in [0.5, 0.6) is 11.5 Å². The molecule has 0 saturated heterocycles. The van der Waals surface area contributed by atoms with E-state index < -0.39 is 0 Å². The molecule has 7 heteroatoms. The SMILES string of the molecule is Cn1c2ccccc2c2cc3c4ccccc4n(C)c3c(N3CN(c4cccc(Oc5ccc6c7cc(C(C)(C)C)ccc7n(-c7ccccn7)c6c5)c4)c4ccccc43)c21. The van der Waals surface area contributed by atoms with Gasteiger partial charge in [-0.3, -0.25) is 4.57 Å². The van der Waals surface area contributed by atoms with Gasteiger partial charge in [-0.25, -0.2) is 4.98 Å². The molecular formula is C54H44N6O. The Kier molecular flexibility index (Phi) is 7.55. The Hall–Kier alpha value is -7.51. The summed E-state index contributed by atoms with van der Waals surface area (Å²) >= 11 is 0. The summed E-state index contributed by atoms with van der Waals surface area (Å²) in [5.41, 5.74) is 13.0. The van der Waals surface area contributed by atoms with Gasteiger partial charge in [0.2, 0.25) is 0 Å². The minimum Gasteiger partial charge on any atom is -0.457 e.